The number of halogens is 1. The molecule has 0 spiro atoms. The van der Waals surface area contributed by atoms with Gasteiger partial charge in [0.15, 0.2) is 5.65 Å². The average molecular weight is 351 g/mol. The molecule has 2 heterocycles. The number of nitrogens with zero attached hydrogens (tertiary/aromatic N) is 2. The molecule has 0 aliphatic carbocycles. The van der Waals surface area contributed by atoms with Crippen molar-refractivity contribution in [3.8, 4) is 0 Å². The van der Waals surface area contributed by atoms with Gasteiger partial charge in [-0.15, -0.1) is 0 Å². The lowest BCUT2D eigenvalue weighted by Crippen LogP contribution is -2.29. The number of pyridine rings is 1. The summed E-state index contributed by atoms with van der Waals surface area (Å²) >= 11 is 3.43. The first kappa shape index (κ1) is 15.2. The van der Waals surface area contributed by atoms with Crippen LogP contribution in [-0.2, 0) is 16.1 Å². The van der Waals surface area contributed by atoms with Gasteiger partial charge in [0.25, 0.3) is 0 Å². The van der Waals surface area contributed by atoms with Gasteiger partial charge in [0, 0.05) is 25.4 Å². The van der Waals surface area contributed by atoms with Gasteiger partial charge in [-0.2, -0.15) is 0 Å². The summed E-state index contributed by atoms with van der Waals surface area (Å²) in [5.41, 5.74) is 1.57. The second kappa shape index (κ2) is 7.03. The molecule has 6 nitrogen and oxygen atoms in total. The summed E-state index contributed by atoms with van der Waals surface area (Å²) in [6.45, 7) is 3.97. The van der Waals surface area contributed by atoms with E-state index in [0.717, 1.165) is 15.8 Å². The normalized spacial score (nSPS) is 10.3. The molecule has 0 aliphatic rings. The predicted molar refractivity (Wildman–Crippen MR) is 82.6 cm³/mol. The first-order valence-electron chi connectivity index (χ1n) is 6.39. The van der Waals surface area contributed by atoms with Gasteiger partial charge in [0.2, 0.25) is 11.8 Å². The summed E-state index contributed by atoms with van der Waals surface area (Å²) < 4.78 is 2.78. The van der Waals surface area contributed by atoms with E-state index in [-0.39, 0.29) is 24.8 Å². The van der Waals surface area contributed by atoms with Crippen LogP contribution in [-0.4, -0.2) is 27.7 Å². The molecule has 0 aliphatic heterocycles. The Morgan fingerprint density at radius 3 is 2.95 bits per heavy atom. The molecule has 0 bridgehead atoms. The zero-order valence-corrected chi connectivity index (χ0v) is 12.9. The van der Waals surface area contributed by atoms with Crippen molar-refractivity contribution in [3.63, 3.8) is 0 Å². The largest absolute Gasteiger partial charge is 0.352 e. The van der Waals surface area contributed by atoms with Crippen molar-refractivity contribution >= 4 is 33.4 Å². The third-order valence-electron chi connectivity index (χ3n) is 2.79. The highest BCUT2D eigenvalue weighted by Crippen LogP contribution is 2.16. The third kappa shape index (κ3) is 4.16. The number of carbonyl (C=O) groups excluding carboxylic acids is 2. The first-order valence-corrected chi connectivity index (χ1v) is 7.18. The molecule has 110 valence electrons. The van der Waals surface area contributed by atoms with Crippen molar-refractivity contribution in [3.05, 3.63) is 47.3 Å². The van der Waals surface area contributed by atoms with Gasteiger partial charge < -0.3 is 15.0 Å². The van der Waals surface area contributed by atoms with Crippen LogP contribution in [0.2, 0.25) is 0 Å². The second-order valence-electron chi connectivity index (χ2n) is 4.34. The number of imidazole rings is 1. The number of fused-ring (bicyclic) bond motifs is 1. The number of carbonyl (C=O) groups is 2. The van der Waals surface area contributed by atoms with Crippen LogP contribution in [0.25, 0.3) is 5.65 Å². The van der Waals surface area contributed by atoms with E-state index in [1.54, 1.807) is 0 Å². The summed E-state index contributed by atoms with van der Waals surface area (Å²) in [6, 6.07) is 3.82. The number of hydrogen-bond acceptors (Lipinski definition) is 3. The molecule has 2 rings (SSSR count). The number of nitrogens with one attached hydrogen (secondary N) is 2. The molecule has 0 aromatic carbocycles. The number of amides is 2. The van der Waals surface area contributed by atoms with Crippen LogP contribution >= 0.6 is 15.9 Å². The van der Waals surface area contributed by atoms with E-state index < -0.39 is 0 Å². The third-order valence-corrected chi connectivity index (χ3v) is 3.41. The fourth-order valence-corrected chi connectivity index (χ4v) is 2.21. The molecule has 2 aromatic heterocycles. The van der Waals surface area contributed by atoms with E-state index in [4.69, 9.17) is 0 Å². The molecule has 2 N–H and O–H groups in total. The average Bonchev–Trinajstić information content (AvgIpc) is 2.89. The summed E-state index contributed by atoms with van der Waals surface area (Å²) in [7, 11) is 0. The van der Waals surface area contributed by atoms with Crippen molar-refractivity contribution in [1.29, 1.82) is 0 Å². The number of hydrogen-bond donors (Lipinski definition) is 2. The first-order chi connectivity index (χ1) is 10.1. The second-order valence-corrected chi connectivity index (χ2v) is 5.20. The highest BCUT2D eigenvalue weighted by atomic mass is 79.9. The lowest BCUT2D eigenvalue weighted by Gasteiger charge is -2.03. The Labute approximate surface area is 130 Å². The molecule has 0 saturated carbocycles. The van der Waals surface area contributed by atoms with Crippen molar-refractivity contribution < 1.29 is 9.59 Å². The minimum Gasteiger partial charge on any atom is -0.352 e. The molecule has 0 unspecified atom stereocenters. The molecule has 2 aromatic rings. The summed E-state index contributed by atoms with van der Waals surface area (Å²) in [5, 5.41) is 5.31. The molecule has 21 heavy (non-hydrogen) atoms. The van der Waals surface area contributed by atoms with Crippen LogP contribution < -0.4 is 10.6 Å². The number of aromatic nitrogens is 2. The van der Waals surface area contributed by atoms with Crippen LogP contribution in [0, 0.1) is 0 Å². The summed E-state index contributed by atoms with van der Waals surface area (Å²) in [4.78, 5) is 27.0. The molecule has 7 heteroatoms. The molecular weight excluding hydrogens is 336 g/mol. The topological polar surface area (TPSA) is 75.5 Å². The van der Waals surface area contributed by atoms with Crippen LogP contribution in [0.5, 0.6) is 0 Å². The fourth-order valence-electron chi connectivity index (χ4n) is 1.76. The lowest BCUT2D eigenvalue weighted by atomic mass is 10.3. The lowest BCUT2D eigenvalue weighted by molar-refractivity contribution is -0.121. The van der Waals surface area contributed by atoms with Crippen LogP contribution in [0.1, 0.15) is 12.1 Å². The van der Waals surface area contributed by atoms with Gasteiger partial charge >= 0.3 is 0 Å². The van der Waals surface area contributed by atoms with Crippen molar-refractivity contribution in [2.75, 3.05) is 6.54 Å². The molecule has 0 radical (unpaired) electrons. The van der Waals surface area contributed by atoms with Crippen LogP contribution in [0.3, 0.4) is 0 Å². The van der Waals surface area contributed by atoms with Gasteiger partial charge in [0.05, 0.1) is 16.7 Å². The van der Waals surface area contributed by atoms with E-state index in [2.05, 4.69) is 38.1 Å². The van der Waals surface area contributed by atoms with Crippen molar-refractivity contribution in [2.45, 2.75) is 13.0 Å². The van der Waals surface area contributed by atoms with E-state index in [1.165, 1.54) is 6.08 Å². The van der Waals surface area contributed by atoms with Crippen molar-refractivity contribution in [2.24, 2.45) is 0 Å². The Kier molecular flexibility index (Phi) is 5.10. The molecule has 0 saturated heterocycles. The monoisotopic (exact) mass is 350 g/mol. The zero-order chi connectivity index (χ0) is 15.2. The predicted octanol–water partition coefficient (Wildman–Crippen LogP) is 1.41. The van der Waals surface area contributed by atoms with Crippen molar-refractivity contribution in [1.82, 2.24) is 20.0 Å². The molecular formula is C14H15BrN4O2. The maximum atomic E-state index is 11.6. The Morgan fingerprint density at radius 2 is 2.24 bits per heavy atom. The van der Waals surface area contributed by atoms with Gasteiger partial charge in [-0.05, 0) is 34.1 Å². The quantitative estimate of drug-likeness (QED) is 0.773. The van der Waals surface area contributed by atoms with E-state index in [1.807, 2.05) is 28.9 Å². The summed E-state index contributed by atoms with van der Waals surface area (Å²) in [6.07, 6.45) is 5.15. The van der Waals surface area contributed by atoms with Crippen LogP contribution in [0.4, 0.5) is 0 Å². The number of rotatable bonds is 6. The van der Waals surface area contributed by atoms with Crippen LogP contribution in [0.15, 0.2) is 41.7 Å². The van der Waals surface area contributed by atoms with Gasteiger partial charge in [-0.3, -0.25) is 9.59 Å². The Bertz CT molecular complexity index is 681. The zero-order valence-electron chi connectivity index (χ0n) is 11.3. The van der Waals surface area contributed by atoms with E-state index in [9.17, 15) is 9.59 Å². The minimum atomic E-state index is -0.284. The Morgan fingerprint density at radius 1 is 1.43 bits per heavy atom. The van der Waals surface area contributed by atoms with Gasteiger partial charge in [-0.25, -0.2) is 4.98 Å². The standard InChI is InChI=1S/C14H15BrN4O2/c1-2-12(20)16-6-5-13(21)17-8-10-9-19-7-3-4-11(15)14(19)18-10/h2-4,7,9H,1,5-6,8H2,(H,16,20)(H,17,21). The maximum Gasteiger partial charge on any atom is 0.243 e. The van der Waals surface area contributed by atoms with E-state index in [0.29, 0.717) is 6.54 Å². The Hall–Kier alpha value is -2.15. The minimum absolute atomic E-state index is 0.143. The molecule has 0 fully saturated rings. The maximum absolute atomic E-state index is 11.6. The smallest absolute Gasteiger partial charge is 0.243 e. The highest BCUT2D eigenvalue weighted by Gasteiger charge is 2.06. The SMILES string of the molecule is C=CC(=O)NCCC(=O)NCc1cn2cccc(Br)c2n1. The van der Waals surface area contributed by atoms with Gasteiger partial charge in [-0.1, -0.05) is 6.58 Å². The molecule has 0 atom stereocenters. The Balaban J connectivity index is 1.84. The highest BCUT2D eigenvalue weighted by molar-refractivity contribution is 9.10. The van der Waals surface area contributed by atoms with E-state index >= 15 is 0 Å². The van der Waals surface area contributed by atoms with Gasteiger partial charge in [0.1, 0.15) is 0 Å². The summed E-state index contributed by atoms with van der Waals surface area (Å²) in [5.74, 6) is -0.427. The fraction of sp³-hybridized carbons (Fsp3) is 0.214. The molecule has 2 amide bonds.